The van der Waals surface area contributed by atoms with Gasteiger partial charge in [0.05, 0.1) is 6.54 Å². The van der Waals surface area contributed by atoms with E-state index in [9.17, 15) is 0 Å². The van der Waals surface area contributed by atoms with Crippen LogP contribution in [-0.4, -0.2) is 18.1 Å². The van der Waals surface area contributed by atoms with Gasteiger partial charge in [0.2, 0.25) is 0 Å². The normalized spacial score (nSPS) is 14.2. The van der Waals surface area contributed by atoms with Crippen LogP contribution in [-0.2, 0) is 0 Å². The SMILES string of the molecule is CC1=NC(c2ccc(-c3ccc(C)cc3)c(C)c2)=NC1. The van der Waals surface area contributed by atoms with Crippen molar-refractivity contribution in [2.75, 3.05) is 6.54 Å². The van der Waals surface area contributed by atoms with Gasteiger partial charge < -0.3 is 0 Å². The van der Waals surface area contributed by atoms with E-state index in [0.29, 0.717) is 0 Å². The highest BCUT2D eigenvalue weighted by molar-refractivity contribution is 6.11. The smallest absolute Gasteiger partial charge is 0.154 e. The fourth-order valence-electron chi connectivity index (χ4n) is 2.46. The van der Waals surface area contributed by atoms with Gasteiger partial charge in [-0.15, -0.1) is 0 Å². The molecule has 1 aliphatic heterocycles. The van der Waals surface area contributed by atoms with Crippen LogP contribution in [0, 0.1) is 13.8 Å². The molecule has 1 aliphatic rings. The van der Waals surface area contributed by atoms with Gasteiger partial charge in [-0.2, -0.15) is 0 Å². The molecule has 2 heteroatoms. The zero-order chi connectivity index (χ0) is 14.1. The van der Waals surface area contributed by atoms with Crippen LogP contribution in [0.2, 0.25) is 0 Å². The van der Waals surface area contributed by atoms with Crippen molar-refractivity contribution in [2.24, 2.45) is 9.98 Å². The molecule has 0 bridgehead atoms. The molecule has 3 rings (SSSR count). The molecule has 0 atom stereocenters. The van der Waals surface area contributed by atoms with Crippen LogP contribution in [0.1, 0.15) is 23.6 Å². The largest absolute Gasteiger partial charge is 0.260 e. The Morgan fingerprint density at radius 1 is 0.850 bits per heavy atom. The molecule has 2 nitrogen and oxygen atoms in total. The Hall–Kier alpha value is -2.22. The summed E-state index contributed by atoms with van der Waals surface area (Å²) in [6.45, 7) is 7.00. The maximum absolute atomic E-state index is 4.48. The minimum atomic E-state index is 0.730. The minimum Gasteiger partial charge on any atom is -0.260 e. The van der Waals surface area contributed by atoms with E-state index in [-0.39, 0.29) is 0 Å². The van der Waals surface area contributed by atoms with Gasteiger partial charge in [-0.05, 0) is 43.5 Å². The summed E-state index contributed by atoms with van der Waals surface area (Å²) in [6.07, 6.45) is 0. The number of hydrogen-bond acceptors (Lipinski definition) is 2. The first-order valence-corrected chi connectivity index (χ1v) is 6.90. The van der Waals surface area contributed by atoms with Crippen molar-refractivity contribution in [3.63, 3.8) is 0 Å². The Morgan fingerprint density at radius 3 is 2.15 bits per heavy atom. The fourth-order valence-corrected chi connectivity index (χ4v) is 2.46. The van der Waals surface area contributed by atoms with Crippen molar-refractivity contribution >= 4 is 11.5 Å². The molecule has 2 aromatic carbocycles. The topological polar surface area (TPSA) is 24.7 Å². The average molecular weight is 262 g/mol. The fraction of sp³-hybridized carbons (Fsp3) is 0.222. The quantitative estimate of drug-likeness (QED) is 0.775. The Morgan fingerprint density at radius 2 is 1.55 bits per heavy atom. The van der Waals surface area contributed by atoms with Crippen LogP contribution >= 0.6 is 0 Å². The van der Waals surface area contributed by atoms with Crippen LogP contribution in [0.15, 0.2) is 52.4 Å². The van der Waals surface area contributed by atoms with Crippen molar-refractivity contribution in [2.45, 2.75) is 20.8 Å². The van der Waals surface area contributed by atoms with Crippen LogP contribution in [0.25, 0.3) is 11.1 Å². The predicted octanol–water partition coefficient (Wildman–Crippen LogP) is 4.19. The van der Waals surface area contributed by atoms with E-state index in [1.54, 1.807) is 0 Å². The third kappa shape index (κ3) is 2.42. The van der Waals surface area contributed by atoms with E-state index < -0.39 is 0 Å². The van der Waals surface area contributed by atoms with Crippen molar-refractivity contribution in [1.82, 2.24) is 0 Å². The van der Waals surface area contributed by atoms with E-state index >= 15 is 0 Å². The summed E-state index contributed by atoms with van der Waals surface area (Å²) in [4.78, 5) is 8.94. The number of nitrogens with zero attached hydrogens (tertiary/aromatic N) is 2. The summed E-state index contributed by atoms with van der Waals surface area (Å²) >= 11 is 0. The summed E-state index contributed by atoms with van der Waals surface area (Å²) < 4.78 is 0. The lowest BCUT2D eigenvalue weighted by Crippen LogP contribution is -1.96. The third-order valence-electron chi connectivity index (χ3n) is 3.60. The Bertz CT molecular complexity index is 707. The number of amidine groups is 1. The van der Waals surface area contributed by atoms with Crippen molar-refractivity contribution in [1.29, 1.82) is 0 Å². The molecule has 2 aromatic rings. The maximum atomic E-state index is 4.48. The number of hydrogen-bond donors (Lipinski definition) is 0. The second-order valence-corrected chi connectivity index (χ2v) is 5.38. The van der Waals surface area contributed by atoms with Gasteiger partial charge in [0.25, 0.3) is 0 Å². The highest BCUT2D eigenvalue weighted by Crippen LogP contribution is 2.25. The van der Waals surface area contributed by atoms with Gasteiger partial charge in [0.1, 0.15) is 0 Å². The second kappa shape index (κ2) is 5.04. The monoisotopic (exact) mass is 262 g/mol. The predicted molar refractivity (Wildman–Crippen MR) is 85.9 cm³/mol. The van der Waals surface area contributed by atoms with E-state index in [2.05, 4.69) is 66.3 Å². The van der Waals surface area contributed by atoms with Crippen LogP contribution in [0.5, 0.6) is 0 Å². The summed E-state index contributed by atoms with van der Waals surface area (Å²) in [7, 11) is 0. The molecule has 0 fully saturated rings. The highest BCUT2D eigenvalue weighted by Gasteiger charge is 2.10. The molecule has 1 heterocycles. The summed E-state index contributed by atoms with van der Waals surface area (Å²) in [5.74, 6) is 0.862. The van der Waals surface area contributed by atoms with Crippen LogP contribution < -0.4 is 0 Å². The van der Waals surface area contributed by atoms with E-state index in [1.165, 1.54) is 22.3 Å². The van der Waals surface area contributed by atoms with E-state index in [0.717, 1.165) is 23.7 Å². The standard InChI is InChI=1S/C18H18N2/c1-12-4-6-15(7-5-12)17-9-8-16(10-13(17)2)18-19-11-14(3)20-18/h4-10H,11H2,1-3H3. The molecule has 0 spiro atoms. The Kier molecular flexibility index (Phi) is 3.23. The van der Waals surface area contributed by atoms with Gasteiger partial charge in [-0.1, -0.05) is 42.0 Å². The number of aliphatic imine (C=N–C) groups is 2. The Labute approximate surface area is 119 Å². The molecule has 100 valence electrons. The van der Waals surface area contributed by atoms with E-state index in [4.69, 9.17) is 0 Å². The minimum absolute atomic E-state index is 0.730. The summed E-state index contributed by atoms with van der Waals surface area (Å²) in [5.41, 5.74) is 7.26. The molecule has 0 N–H and O–H groups in total. The lowest BCUT2D eigenvalue weighted by atomic mass is 9.97. The van der Waals surface area contributed by atoms with E-state index in [1.807, 2.05) is 6.92 Å². The highest BCUT2D eigenvalue weighted by atomic mass is 15.0. The zero-order valence-corrected chi connectivity index (χ0v) is 12.1. The lowest BCUT2D eigenvalue weighted by Gasteiger charge is -2.08. The first kappa shape index (κ1) is 12.8. The molecule has 0 aromatic heterocycles. The third-order valence-corrected chi connectivity index (χ3v) is 3.60. The van der Waals surface area contributed by atoms with Gasteiger partial charge in [0, 0.05) is 11.3 Å². The second-order valence-electron chi connectivity index (χ2n) is 5.38. The molecule has 20 heavy (non-hydrogen) atoms. The lowest BCUT2D eigenvalue weighted by molar-refractivity contribution is 1.32. The molecule has 0 radical (unpaired) electrons. The van der Waals surface area contributed by atoms with Gasteiger partial charge in [0.15, 0.2) is 5.84 Å². The average Bonchev–Trinajstić information content (AvgIpc) is 2.87. The molecule has 0 saturated carbocycles. The van der Waals surface area contributed by atoms with Gasteiger partial charge in [-0.3, -0.25) is 4.99 Å². The van der Waals surface area contributed by atoms with Crippen LogP contribution in [0.4, 0.5) is 0 Å². The molecule has 0 amide bonds. The first-order valence-electron chi connectivity index (χ1n) is 6.90. The van der Waals surface area contributed by atoms with Crippen molar-refractivity contribution < 1.29 is 0 Å². The number of aryl methyl sites for hydroxylation is 2. The molecule has 0 aliphatic carbocycles. The van der Waals surface area contributed by atoms with Crippen molar-refractivity contribution in [3.8, 4) is 11.1 Å². The first-order chi connectivity index (χ1) is 9.63. The summed E-state index contributed by atoms with van der Waals surface area (Å²) in [6, 6.07) is 15.1. The van der Waals surface area contributed by atoms with Gasteiger partial charge in [-0.25, -0.2) is 4.99 Å². The number of rotatable bonds is 2. The number of benzene rings is 2. The maximum Gasteiger partial charge on any atom is 0.154 e. The summed E-state index contributed by atoms with van der Waals surface area (Å²) in [5, 5.41) is 0. The van der Waals surface area contributed by atoms with Crippen LogP contribution in [0.3, 0.4) is 0 Å². The molecule has 0 saturated heterocycles. The molecular weight excluding hydrogens is 244 g/mol. The Balaban J connectivity index is 1.98. The zero-order valence-electron chi connectivity index (χ0n) is 12.1. The van der Waals surface area contributed by atoms with Gasteiger partial charge >= 0.3 is 0 Å². The van der Waals surface area contributed by atoms with Crippen molar-refractivity contribution in [3.05, 3.63) is 59.2 Å². The molecule has 0 unspecified atom stereocenters. The molecular formula is C18H18N2.